The van der Waals surface area contributed by atoms with Crippen molar-refractivity contribution in [2.24, 2.45) is 0 Å². The summed E-state index contributed by atoms with van der Waals surface area (Å²) in [7, 11) is 0. The van der Waals surface area contributed by atoms with E-state index in [2.05, 4.69) is 234 Å². The van der Waals surface area contributed by atoms with Gasteiger partial charge in [-0.3, -0.25) is 44.9 Å². The molecule has 0 aliphatic heterocycles. The van der Waals surface area contributed by atoms with Crippen molar-refractivity contribution in [2.75, 3.05) is 0 Å². The van der Waals surface area contributed by atoms with E-state index in [4.69, 9.17) is 0 Å². The van der Waals surface area contributed by atoms with E-state index in [1.54, 1.807) is 0 Å². The largest absolute Gasteiger partial charge is 0.264 e. The molecule has 0 saturated heterocycles. The monoisotopic (exact) mass is 1560 g/mol. The minimum atomic E-state index is 1.07. The molecule has 9 aromatic carbocycles. The number of hydrogen-bond acceptors (Lipinski definition) is 9. The zero-order valence-electron chi connectivity index (χ0n) is 75.7. The third-order valence-corrected chi connectivity index (χ3v) is 16.4. The number of fused-ring (bicyclic) bond motifs is 9. The van der Waals surface area contributed by atoms with Gasteiger partial charge in [0.2, 0.25) is 0 Å². The molecule has 0 amide bonds. The molecular weight excluding hydrogens is 1420 g/mol. The standard InChI is InChI=1S/9C10H9N.9C2H6/c1-8-4-2-6-10-9(8)5-3-7-11-10;1-8-2-3-10-7-11-5-4-9(10)6-8;1-8-2-3-9-4-5-11-7-10(9)6-8;1-8-4-5-10-9(7-8)3-2-6-11-10;1-8-3-2-4-9-7-11-6-5-10(8)9;1-8-6-11-7-9-4-2-3-5-10(8)9;1-8-6-9-4-2-3-5-10(9)11-7-8;1-8-10-5-3-2-4-9(10)6-7-11-8;1-8-6-7-11-10-5-3-2-4-9(8)10;9*1-2/h9*2-7H,1H3;9*1-2H3. The molecule has 117 heavy (non-hydrogen) atoms. The van der Waals surface area contributed by atoms with Gasteiger partial charge in [-0.05, 0) is 202 Å². The molecule has 612 valence electrons. The first kappa shape index (κ1) is 103. The molecule has 0 aliphatic rings. The minimum absolute atomic E-state index is 1.07. The van der Waals surface area contributed by atoms with E-state index in [0.717, 1.165) is 27.8 Å². The van der Waals surface area contributed by atoms with Crippen molar-refractivity contribution in [1.29, 1.82) is 0 Å². The number of aromatic nitrogens is 9. The predicted octanol–water partition coefficient (Wildman–Crippen LogP) is 32.1. The SMILES string of the molecule is CC.CC.CC.CC.CC.CC.CC.CC.CC.Cc1ccc2ccncc2c1.Cc1ccc2cnccc2c1.Cc1ccc2ncccc2c1.Cc1cccc2cnccc12.Cc1cccc2ncccc12.Cc1ccnc2ccccc12.Cc1cnc2ccccc2c1.Cc1cncc2ccccc12.Cc1nccc2ccccc12. The number of nitrogens with zero attached hydrogens (tertiary/aromatic N) is 9. The summed E-state index contributed by atoms with van der Waals surface area (Å²) in [5, 5.41) is 17.4. The third kappa shape index (κ3) is 35.9. The van der Waals surface area contributed by atoms with Gasteiger partial charge in [-0.1, -0.05) is 305 Å². The Morgan fingerprint density at radius 3 is 1.12 bits per heavy atom. The van der Waals surface area contributed by atoms with Gasteiger partial charge in [-0.15, -0.1) is 0 Å². The second-order valence-electron chi connectivity index (χ2n) is 24.1. The van der Waals surface area contributed by atoms with Gasteiger partial charge in [-0.25, -0.2) is 0 Å². The molecule has 0 fully saturated rings. The van der Waals surface area contributed by atoms with Crippen molar-refractivity contribution in [3.8, 4) is 0 Å². The summed E-state index contributed by atoms with van der Waals surface area (Å²) in [6.45, 7) is 54.8. The average Bonchev–Trinajstić information content (AvgIpc) is 0.831. The fourth-order valence-corrected chi connectivity index (χ4v) is 11.1. The van der Waals surface area contributed by atoms with Crippen LogP contribution in [0.2, 0.25) is 0 Å². The molecule has 18 rings (SSSR count). The van der Waals surface area contributed by atoms with E-state index in [9.17, 15) is 0 Å². The van der Waals surface area contributed by atoms with Crippen LogP contribution in [0.5, 0.6) is 0 Å². The van der Waals surface area contributed by atoms with Crippen LogP contribution in [-0.2, 0) is 0 Å². The van der Waals surface area contributed by atoms with Crippen molar-refractivity contribution in [1.82, 2.24) is 44.9 Å². The van der Waals surface area contributed by atoms with Crippen molar-refractivity contribution in [3.63, 3.8) is 0 Å². The highest BCUT2D eigenvalue weighted by Gasteiger charge is 2.00. The Kier molecular flexibility index (Phi) is 55.3. The van der Waals surface area contributed by atoms with Gasteiger partial charge in [0.25, 0.3) is 0 Å². The molecule has 18 aromatic rings. The van der Waals surface area contributed by atoms with Gasteiger partial charge in [0, 0.05) is 135 Å². The number of rotatable bonds is 0. The van der Waals surface area contributed by atoms with Gasteiger partial charge < -0.3 is 0 Å². The lowest BCUT2D eigenvalue weighted by molar-refractivity contribution is 1.24. The van der Waals surface area contributed by atoms with E-state index in [1.165, 1.54) is 120 Å². The Morgan fingerprint density at radius 2 is 0.521 bits per heavy atom. The topological polar surface area (TPSA) is 116 Å². The first-order valence-corrected chi connectivity index (χ1v) is 42.1. The predicted molar refractivity (Wildman–Crippen MR) is 520 cm³/mol. The summed E-state index contributed by atoms with van der Waals surface area (Å²) in [6.07, 6.45) is 24.1. The Hall–Kier alpha value is -12.3. The molecule has 0 saturated carbocycles. The molecule has 0 spiro atoms. The highest BCUT2D eigenvalue weighted by atomic mass is 14.7. The lowest BCUT2D eigenvalue weighted by Gasteiger charge is -1.98. The molecule has 9 aromatic heterocycles. The zero-order valence-corrected chi connectivity index (χ0v) is 75.7. The average molecular weight is 1560 g/mol. The summed E-state index contributed by atoms with van der Waals surface area (Å²) in [6, 6.07) is 84.7. The molecular formula is C108H135N9. The first-order chi connectivity index (χ1) is 57.3. The van der Waals surface area contributed by atoms with Crippen LogP contribution in [0.1, 0.15) is 175 Å². The van der Waals surface area contributed by atoms with Crippen LogP contribution in [-0.4, -0.2) is 44.9 Å². The molecule has 0 unspecified atom stereocenters. The molecule has 0 N–H and O–H groups in total. The normalized spacial score (nSPS) is 9.15. The quantitative estimate of drug-likeness (QED) is 0.146. The second kappa shape index (κ2) is 63.0. The lowest BCUT2D eigenvalue weighted by atomic mass is 10.1. The third-order valence-electron chi connectivity index (χ3n) is 16.4. The molecule has 0 radical (unpaired) electrons. The molecule has 9 nitrogen and oxygen atoms in total. The number of hydrogen-bond donors (Lipinski definition) is 0. The molecule has 0 bridgehead atoms. The molecule has 9 heteroatoms. The Labute approximate surface area is 704 Å². The van der Waals surface area contributed by atoms with Crippen molar-refractivity contribution in [2.45, 2.75) is 187 Å². The second-order valence-corrected chi connectivity index (χ2v) is 24.1. The van der Waals surface area contributed by atoms with Gasteiger partial charge in [0.1, 0.15) is 0 Å². The van der Waals surface area contributed by atoms with Crippen LogP contribution in [0.4, 0.5) is 0 Å². The van der Waals surface area contributed by atoms with E-state index < -0.39 is 0 Å². The van der Waals surface area contributed by atoms with Gasteiger partial charge in [-0.2, -0.15) is 0 Å². The summed E-state index contributed by atoms with van der Waals surface area (Å²) in [5.41, 5.74) is 15.6. The van der Waals surface area contributed by atoms with Crippen LogP contribution in [0.3, 0.4) is 0 Å². The highest BCUT2D eigenvalue weighted by molar-refractivity contribution is 5.88. The van der Waals surface area contributed by atoms with Crippen molar-refractivity contribution in [3.05, 3.63) is 379 Å². The van der Waals surface area contributed by atoms with E-state index >= 15 is 0 Å². The van der Waals surface area contributed by atoms with E-state index in [1.807, 2.05) is 327 Å². The summed E-state index contributed by atoms with van der Waals surface area (Å²) < 4.78 is 0. The van der Waals surface area contributed by atoms with Gasteiger partial charge >= 0.3 is 0 Å². The summed E-state index contributed by atoms with van der Waals surface area (Å²) >= 11 is 0. The van der Waals surface area contributed by atoms with Crippen LogP contribution >= 0.6 is 0 Å². The van der Waals surface area contributed by atoms with Crippen LogP contribution in [0.25, 0.3) is 97.5 Å². The van der Waals surface area contributed by atoms with Crippen molar-refractivity contribution < 1.29 is 0 Å². The minimum Gasteiger partial charge on any atom is -0.264 e. The maximum atomic E-state index is 4.28. The van der Waals surface area contributed by atoms with E-state index in [0.29, 0.717) is 0 Å². The maximum Gasteiger partial charge on any atom is 0.0704 e. The fourth-order valence-electron chi connectivity index (χ4n) is 11.1. The van der Waals surface area contributed by atoms with E-state index in [-0.39, 0.29) is 0 Å². The van der Waals surface area contributed by atoms with Crippen LogP contribution in [0, 0.1) is 62.3 Å². The smallest absolute Gasteiger partial charge is 0.0704 e. The Morgan fingerprint density at radius 1 is 0.162 bits per heavy atom. The number of pyridine rings is 9. The first-order valence-electron chi connectivity index (χ1n) is 42.1. The maximum absolute atomic E-state index is 4.28. The Balaban J connectivity index is 0.000000642. The van der Waals surface area contributed by atoms with Crippen LogP contribution < -0.4 is 0 Å². The number of benzene rings is 9. The number of aryl methyl sites for hydroxylation is 9. The fraction of sp³-hybridized carbons (Fsp3) is 0.250. The van der Waals surface area contributed by atoms with Gasteiger partial charge in [0.05, 0.1) is 22.1 Å². The molecule has 0 atom stereocenters. The van der Waals surface area contributed by atoms with Crippen molar-refractivity contribution >= 4 is 97.5 Å². The molecule has 9 heterocycles. The highest BCUT2D eigenvalue weighted by Crippen LogP contribution is 2.21. The van der Waals surface area contributed by atoms with Gasteiger partial charge in [0.15, 0.2) is 0 Å². The van der Waals surface area contributed by atoms with Crippen LogP contribution in [0.15, 0.2) is 329 Å². The number of para-hydroxylation sites is 2. The summed E-state index contributed by atoms with van der Waals surface area (Å²) in [5.74, 6) is 0. The Bertz CT molecular complexity index is 4810. The lowest BCUT2D eigenvalue weighted by Crippen LogP contribution is -1.80. The summed E-state index contributed by atoms with van der Waals surface area (Å²) in [4.78, 5) is 37.5. The molecule has 0 aliphatic carbocycles. The zero-order chi connectivity index (χ0) is 87.1.